The summed E-state index contributed by atoms with van der Waals surface area (Å²) in [4.78, 5) is 0. The average Bonchev–Trinajstić information content (AvgIpc) is 2.82. The molecule has 2 rings (SSSR count). The SMILES string of the molecule is CC(C)c1ccc(-c2nn(C(C)(C)C)cc2CCl)cc1. The van der Waals surface area contributed by atoms with Gasteiger partial charge in [0.25, 0.3) is 0 Å². The second-order valence-electron chi connectivity index (χ2n) is 6.53. The standard InChI is InChI=1S/C17H23ClN2/c1-12(2)13-6-8-14(9-7-13)16-15(10-18)11-20(19-16)17(3,4)5/h6-9,11-12H,10H2,1-5H3. The van der Waals surface area contributed by atoms with E-state index >= 15 is 0 Å². The second kappa shape index (κ2) is 5.61. The first kappa shape index (κ1) is 15.1. The Kier molecular flexibility index (Phi) is 4.24. The molecule has 0 atom stereocenters. The molecule has 0 aliphatic carbocycles. The highest BCUT2D eigenvalue weighted by Gasteiger charge is 2.18. The van der Waals surface area contributed by atoms with Crippen LogP contribution in [0, 0.1) is 0 Å². The molecule has 2 nitrogen and oxygen atoms in total. The molecule has 20 heavy (non-hydrogen) atoms. The number of hydrogen-bond acceptors (Lipinski definition) is 1. The van der Waals surface area contributed by atoms with Crippen molar-refractivity contribution in [3.8, 4) is 11.3 Å². The molecule has 1 aromatic heterocycles. The van der Waals surface area contributed by atoms with Gasteiger partial charge in [-0.25, -0.2) is 0 Å². The zero-order chi connectivity index (χ0) is 14.9. The van der Waals surface area contributed by atoms with Gasteiger partial charge in [-0.2, -0.15) is 5.10 Å². The minimum Gasteiger partial charge on any atom is -0.267 e. The van der Waals surface area contributed by atoms with E-state index in [-0.39, 0.29) is 5.54 Å². The minimum absolute atomic E-state index is 0.0308. The van der Waals surface area contributed by atoms with E-state index in [0.717, 1.165) is 16.8 Å². The summed E-state index contributed by atoms with van der Waals surface area (Å²) in [5, 5.41) is 4.73. The Morgan fingerprint density at radius 2 is 1.75 bits per heavy atom. The smallest absolute Gasteiger partial charge is 0.0967 e. The summed E-state index contributed by atoms with van der Waals surface area (Å²) >= 11 is 6.07. The van der Waals surface area contributed by atoms with E-state index < -0.39 is 0 Å². The molecule has 0 spiro atoms. The maximum atomic E-state index is 6.07. The van der Waals surface area contributed by atoms with Crippen LogP contribution >= 0.6 is 11.6 Å². The van der Waals surface area contributed by atoms with Crippen LogP contribution in [0.3, 0.4) is 0 Å². The molecule has 1 aromatic carbocycles. The van der Waals surface area contributed by atoms with Crippen LogP contribution in [0.25, 0.3) is 11.3 Å². The topological polar surface area (TPSA) is 17.8 Å². The fourth-order valence-electron chi connectivity index (χ4n) is 2.12. The van der Waals surface area contributed by atoms with Crippen molar-refractivity contribution in [1.29, 1.82) is 0 Å². The van der Waals surface area contributed by atoms with Gasteiger partial charge in [0, 0.05) is 17.3 Å². The van der Waals surface area contributed by atoms with E-state index in [1.54, 1.807) is 0 Å². The van der Waals surface area contributed by atoms with Crippen LogP contribution in [0.2, 0.25) is 0 Å². The highest BCUT2D eigenvalue weighted by Crippen LogP contribution is 2.27. The Labute approximate surface area is 126 Å². The summed E-state index contributed by atoms with van der Waals surface area (Å²) in [6, 6.07) is 8.63. The third kappa shape index (κ3) is 3.06. The highest BCUT2D eigenvalue weighted by molar-refractivity contribution is 6.17. The third-order valence-electron chi connectivity index (χ3n) is 3.47. The molecule has 0 saturated carbocycles. The lowest BCUT2D eigenvalue weighted by Crippen LogP contribution is -2.22. The van der Waals surface area contributed by atoms with E-state index in [1.165, 1.54) is 5.56 Å². The van der Waals surface area contributed by atoms with Crippen molar-refractivity contribution >= 4 is 11.6 Å². The van der Waals surface area contributed by atoms with E-state index in [0.29, 0.717) is 11.8 Å². The predicted octanol–water partition coefficient (Wildman–Crippen LogP) is 5.17. The van der Waals surface area contributed by atoms with Gasteiger partial charge in [-0.1, -0.05) is 38.1 Å². The number of aromatic nitrogens is 2. The first-order valence-electron chi connectivity index (χ1n) is 7.08. The van der Waals surface area contributed by atoms with Crippen molar-refractivity contribution in [1.82, 2.24) is 9.78 Å². The molecule has 0 aliphatic rings. The lowest BCUT2D eigenvalue weighted by atomic mass is 10.00. The van der Waals surface area contributed by atoms with Crippen LogP contribution in [0.1, 0.15) is 51.7 Å². The van der Waals surface area contributed by atoms with Crippen molar-refractivity contribution in [3.05, 3.63) is 41.6 Å². The number of benzene rings is 1. The largest absolute Gasteiger partial charge is 0.267 e. The summed E-state index contributed by atoms with van der Waals surface area (Å²) in [6.07, 6.45) is 2.05. The Bertz CT molecular complexity index is 574. The molecule has 0 bridgehead atoms. The third-order valence-corrected chi connectivity index (χ3v) is 3.76. The molecule has 3 heteroatoms. The monoisotopic (exact) mass is 290 g/mol. The zero-order valence-electron chi connectivity index (χ0n) is 12.9. The van der Waals surface area contributed by atoms with Crippen LogP contribution < -0.4 is 0 Å². The first-order chi connectivity index (χ1) is 9.32. The van der Waals surface area contributed by atoms with Crippen LogP contribution in [-0.4, -0.2) is 9.78 Å². The van der Waals surface area contributed by atoms with Gasteiger partial charge in [0.05, 0.1) is 17.1 Å². The number of alkyl halides is 1. The number of nitrogens with zero attached hydrogens (tertiary/aromatic N) is 2. The molecule has 0 saturated heterocycles. The van der Waals surface area contributed by atoms with Crippen molar-refractivity contribution < 1.29 is 0 Å². The maximum absolute atomic E-state index is 6.07. The lowest BCUT2D eigenvalue weighted by Gasteiger charge is -2.18. The first-order valence-corrected chi connectivity index (χ1v) is 7.61. The normalized spacial score (nSPS) is 12.2. The summed E-state index contributed by atoms with van der Waals surface area (Å²) in [6.45, 7) is 10.8. The molecule has 2 aromatic rings. The predicted molar refractivity (Wildman–Crippen MR) is 86.3 cm³/mol. The van der Waals surface area contributed by atoms with Crippen LogP contribution in [-0.2, 0) is 11.4 Å². The summed E-state index contributed by atoms with van der Waals surface area (Å²) in [5.41, 5.74) is 4.52. The summed E-state index contributed by atoms with van der Waals surface area (Å²) in [5.74, 6) is 1.03. The Morgan fingerprint density at radius 3 is 2.20 bits per heavy atom. The molecule has 0 amide bonds. The number of hydrogen-bond donors (Lipinski definition) is 0. The molecule has 1 heterocycles. The molecular weight excluding hydrogens is 268 g/mol. The van der Waals surface area contributed by atoms with E-state index in [9.17, 15) is 0 Å². The van der Waals surface area contributed by atoms with Gasteiger partial charge in [0.2, 0.25) is 0 Å². The van der Waals surface area contributed by atoms with Gasteiger partial charge in [-0.15, -0.1) is 11.6 Å². The van der Waals surface area contributed by atoms with E-state index in [1.807, 2.05) is 4.68 Å². The average molecular weight is 291 g/mol. The fraction of sp³-hybridized carbons (Fsp3) is 0.471. The molecule has 0 unspecified atom stereocenters. The van der Waals surface area contributed by atoms with Crippen molar-refractivity contribution in [2.75, 3.05) is 0 Å². The van der Waals surface area contributed by atoms with Crippen molar-refractivity contribution in [3.63, 3.8) is 0 Å². The molecular formula is C17H23ClN2. The van der Waals surface area contributed by atoms with Crippen LogP contribution in [0.15, 0.2) is 30.5 Å². The van der Waals surface area contributed by atoms with Crippen molar-refractivity contribution in [2.24, 2.45) is 0 Å². The Hall–Kier alpha value is -1.28. The Morgan fingerprint density at radius 1 is 1.15 bits per heavy atom. The molecule has 108 valence electrons. The van der Waals surface area contributed by atoms with Gasteiger partial charge in [0.1, 0.15) is 0 Å². The van der Waals surface area contributed by atoms with E-state index in [2.05, 4.69) is 65.1 Å². The van der Waals surface area contributed by atoms with Crippen LogP contribution in [0.5, 0.6) is 0 Å². The van der Waals surface area contributed by atoms with Crippen molar-refractivity contribution in [2.45, 2.75) is 52.0 Å². The maximum Gasteiger partial charge on any atom is 0.0967 e. The minimum atomic E-state index is -0.0308. The zero-order valence-corrected chi connectivity index (χ0v) is 13.7. The van der Waals surface area contributed by atoms with Gasteiger partial charge in [-0.05, 0) is 32.3 Å². The van der Waals surface area contributed by atoms with Gasteiger partial charge < -0.3 is 0 Å². The Balaban J connectivity index is 2.43. The van der Waals surface area contributed by atoms with E-state index in [4.69, 9.17) is 16.7 Å². The number of halogens is 1. The summed E-state index contributed by atoms with van der Waals surface area (Å²) in [7, 11) is 0. The molecule has 0 fully saturated rings. The molecule has 0 radical (unpaired) electrons. The van der Waals surface area contributed by atoms with Gasteiger partial charge in [0.15, 0.2) is 0 Å². The lowest BCUT2D eigenvalue weighted by molar-refractivity contribution is 0.356. The quantitative estimate of drug-likeness (QED) is 0.713. The molecule has 0 N–H and O–H groups in total. The van der Waals surface area contributed by atoms with Gasteiger partial charge in [-0.3, -0.25) is 4.68 Å². The second-order valence-corrected chi connectivity index (χ2v) is 6.80. The van der Waals surface area contributed by atoms with Crippen LogP contribution in [0.4, 0.5) is 0 Å². The molecule has 0 aliphatic heterocycles. The summed E-state index contributed by atoms with van der Waals surface area (Å²) < 4.78 is 2.00. The highest BCUT2D eigenvalue weighted by atomic mass is 35.5. The number of rotatable bonds is 3. The van der Waals surface area contributed by atoms with Gasteiger partial charge >= 0.3 is 0 Å². The fourth-order valence-corrected chi connectivity index (χ4v) is 2.32.